The number of aryl methyl sites for hydroxylation is 2. The van der Waals surface area contributed by atoms with Crippen LogP contribution in [0.4, 0.5) is 0 Å². The van der Waals surface area contributed by atoms with Gasteiger partial charge in [-0.25, -0.2) is 0 Å². The normalized spacial score (nSPS) is 12.0. The highest BCUT2D eigenvalue weighted by Gasteiger charge is 2.13. The van der Waals surface area contributed by atoms with Crippen molar-refractivity contribution in [1.29, 1.82) is 0 Å². The van der Waals surface area contributed by atoms with Gasteiger partial charge in [-0.2, -0.15) is 0 Å². The third-order valence-corrected chi connectivity index (χ3v) is 4.77. The van der Waals surface area contributed by atoms with Crippen LogP contribution in [0.2, 0.25) is 5.02 Å². The van der Waals surface area contributed by atoms with Crippen molar-refractivity contribution < 1.29 is 9.59 Å². The molecule has 2 N–H and O–H groups in total. The Morgan fingerprint density at radius 1 is 1.30 bits per heavy atom. The van der Waals surface area contributed by atoms with Crippen LogP contribution in [0.25, 0.3) is 0 Å². The van der Waals surface area contributed by atoms with Crippen LogP contribution in [0.1, 0.15) is 28.0 Å². The minimum Gasteiger partial charge on any atom is -0.353 e. The van der Waals surface area contributed by atoms with E-state index in [2.05, 4.69) is 10.6 Å². The molecular weight excluding hydrogens is 334 g/mol. The summed E-state index contributed by atoms with van der Waals surface area (Å²) in [5.74, 6) is -0.256. The fourth-order valence-corrected chi connectivity index (χ4v) is 3.17. The summed E-state index contributed by atoms with van der Waals surface area (Å²) >= 11 is 7.10. The first-order valence-electron chi connectivity index (χ1n) is 7.31. The van der Waals surface area contributed by atoms with Crippen molar-refractivity contribution >= 4 is 34.8 Å². The predicted molar refractivity (Wildman–Crippen MR) is 93.2 cm³/mol. The molecule has 0 aromatic carbocycles. The number of amides is 2. The van der Waals surface area contributed by atoms with Crippen molar-refractivity contribution in [1.82, 2.24) is 15.2 Å². The minimum atomic E-state index is -0.180. The first-order valence-corrected chi connectivity index (χ1v) is 8.57. The van der Waals surface area contributed by atoms with Crippen LogP contribution in [0, 0.1) is 13.8 Å². The van der Waals surface area contributed by atoms with Crippen molar-refractivity contribution in [2.45, 2.75) is 33.4 Å². The van der Waals surface area contributed by atoms with E-state index in [1.165, 1.54) is 11.3 Å². The molecule has 0 saturated heterocycles. The lowest BCUT2D eigenvalue weighted by molar-refractivity contribution is -0.121. The van der Waals surface area contributed by atoms with Crippen LogP contribution in [0.3, 0.4) is 0 Å². The Bertz CT molecular complexity index is 688. The SMILES string of the molecule is Cc1ccc(C)n1CC(=O)NC[C@H](C)NC(=O)c1cc(Cl)cs1. The zero-order chi connectivity index (χ0) is 17.0. The molecular formula is C16H20ClN3O2S. The molecule has 0 aliphatic carbocycles. The highest BCUT2D eigenvalue weighted by atomic mass is 35.5. The molecule has 23 heavy (non-hydrogen) atoms. The Morgan fingerprint density at radius 3 is 2.52 bits per heavy atom. The molecule has 0 aliphatic heterocycles. The summed E-state index contributed by atoms with van der Waals surface area (Å²) in [6.45, 7) is 6.44. The molecule has 1 atom stereocenters. The molecule has 0 radical (unpaired) electrons. The number of rotatable bonds is 6. The fourth-order valence-electron chi connectivity index (χ4n) is 2.19. The number of carbonyl (C=O) groups is 2. The number of nitrogens with one attached hydrogen (secondary N) is 2. The number of hydrogen-bond acceptors (Lipinski definition) is 3. The third kappa shape index (κ3) is 4.84. The predicted octanol–water partition coefficient (Wildman–Crippen LogP) is 2.75. The van der Waals surface area contributed by atoms with Gasteiger partial charge in [-0.15, -0.1) is 11.3 Å². The monoisotopic (exact) mass is 353 g/mol. The second kappa shape index (κ2) is 7.66. The van der Waals surface area contributed by atoms with Gasteiger partial charge < -0.3 is 15.2 Å². The number of carbonyl (C=O) groups excluding carboxylic acids is 2. The Labute approximate surface area is 144 Å². The molecule has 7 heteroatoms. The number of aromatic nitrogens is 1. The van der Waals surface area contributed by atoms with E-state index in [4.69, 9.17) is 11.6 Å². The maximum atomic E-state index is 12.0. The topological polar surface area (TPSA) is 63.1 Å². The largest absolute Gasteiger partial charge is 0.353 e. The smallest absolute Gasteiger partial charge is 0.261 e. The highest BCUT2D eigenvalue weighted by molar-refractivity contribution is 7.12. The van der Waals surface area contributed by atoms with Crippen molar-refractivity contribution in [2.24, 2.45) is 0 Å². The molecule has 0 saturated carbocycles. The van der Waals surface area contributed by atoms with Crippen LogP contribution in [-0.2, 0) is 11.3 Å². The Morgan fingerprint density at radius 2 is 1.96 bits per heavy atom. The molecule has 2 amide bonds. The Balaban J connectivity index is 1.79. The van der Waals surface area contributed by atoms with Gasteiger partial charge in [0.2, 0.25) is 5.91 Å². The minimum absolute atomic E-state index is 0.0762. The van der Waals surface area contributed by atoms with Gasteiger partial charge in [-0.3, -0.25) is 9.59 Å². The molecule has 124 valence electrons. The highest BCUT2D eigenvalue weighted by Crippen LogP contribution is 2.18. The van der Waals surface area contributed by atoms with Gasteiger partial charge in [0.15, 0.2) is 0 Å². The van der Waals surface area contributed by atoms with Gasteiger partial charge in [0, 0.05) is 29.4 Å². The van der Waals surface area contributed by atoms with Gasteiger partial charge >= 0.3 is 0 Å². The molecule has 2 heterocycles. The molecule has 0 spiro atoms. The van der Waals surface area contributed by atoms with Crippen molar-refractivity contribution in [3.63, 3.8) is 0 Å². The van der Waals surface area contributed by atoms with E-state index in [1.54, 1.807) is 11.4 Å². The second-order valence-electron chi connectivity index (χ2n) is 5.51. The van der Waals surface area contributed by atoms with E-state index in [0.29, 0.717) is 16.4 Å². The fraction of sp³-hybridized carbons (Fsp3) is 0.375. The third-order valence-electron chi connectivity index (χ3n) is 3.49. The van der Waals surface area contributed by atoms with E-state index in [1.807, 2.05) is 37.5 Å². The van der Waals surface area contributed by atoms with Gasteiger partial charge in [0.05, 0.1) is 9.90 Å². The summed E-state index contributed by atoms with van der Waals surface area (Å²) in [5.41, 5.74) is 2.10. The summed E-state index contributed by atoms with van der Waals surface area (Å²) < 4.78 is 1.95. The van der Waals surface area contributed by atoms with Crippen LogP contribution < -0.4 is 10.6 Å². The van der Waals surface area contributed by atoms with Crippen molar-refractivity contribution in [3.05, 3.63) is 44.9 Å². The molecule has 2 aromatic heterocycles. The van der Waals surface area contributed by atoms with E-state index in [-0.39, 0.29) is 24.4 Å². The molecule has 2 rings (SSSR count). The summed E-state index contributed by atoms with van der Waals surface area (Å²) in [7, 11) is 0. The first kappa shape index (κ1) is 17.6. The molecule has 2 aromatic rings. The van der Waals surface area contributed by atoms with Gasteiger partial charge in [0.25, 0.3) is 5.91 Å². The zero-order valence-electron chi connectivity index (χ0n) is 13.4. The van der Waals surface area contributed by atoms with Crippen LogP contribution >= 0.6 is 22.9 Å². The Kier molecular flexibility index (Phi) is 5.85. The van der Waals surface area contributed by atoms with Crippen LogP contribution in [-0.4, -0.2) is 29.0 Å². The van der Waals surface area contributed by atoms with Crippen molar-refractivity contribution in [3.8, 4) is 0 Å². The Hall–Kier alpha value is -1.79. The first-order chi connectivity index (χ1) is 10.9. The van der Waals surface area contributed by atoms with Gasteiger partial charge in [0.1, 0.15) is 6.54 Å². The van der Waals surface area contributed by atoms with E-state index >= 15 is 0 Å². The van der Waals surface area contributed by atoms with Crippen LogP contribution in [0.5, 0.6) is 0 Å². The van der Waals surface area contributed by atoms with E-state index in [0.717, 1.165) is 11.4 Å². The van der Waals surface area contributed by atoms with E-state index < -0.39 is 0 Å². The number of hydrogen-bond donors (Lipinski definition) is 2. The second-order valence-corrected chi connectivity index (χ2v) is 6.86. The summed E-state index contributed by atoms with van der Waals surface area (Å²) in [5, 5.41) is 7.95. The summed E-state index contributed by atoms with van der Waals surface area (Å²) in [6, 6.07) is 5.43. The quantitative estimate of drug-likeness (QED) is 0.838. The average molecular weight is 354 g/mol. The average Bonchev–Trinajstić information content (AvgIpc) is 3.06. The van der Waals surface area contributed by atoms with Crippen molar-refractivity contribution in [2.75, 3.05) is 6.54 Å². The summed E-state index contributed by atoms with van der Waals surface area (Å²) in [6.07, 6.45) is 0. The molecule has 0 aliphatic rings. The van der Waals surface area contributed by atoms with E-state index in [9.17, 15) is 9.59 Å². The number of nitrogens with zero attached hydrogens (tertiary/aromatic N) is 1. The molecule has 0 fully saturated rings. The van der Waals surface area contributed by atoms with Gasteiger partial charge in [-0.05, 0) is 39.0 Å². The molecule has 0 bridgehead atoms. The molecule has 5 nitrogen and oxygen atoms in total. The number of halogens is 1. The van der Waals surface area contributed by atoms with Gasteiger partial charge in [-0.1, -0.05) is 11.6 Å². The summed E-state index contributed by atoms with van der Waals surface area (Å²) in [4.78, 5) is 24.6. The van der Waals surface area contributed by atoms with Crippen LogP contribution in [0.15, 0.2) is 23.6 Å². The standard InChI is InChI=1S/C16H20ClN3O2S/c1-10(19-16(22)14-6-13(17)9-23-14)7-18-15(21)8-20-11(2)4-5-12(20)3/h4-6,9-10H,7-8H2,1-3H3,(H,18,21)(H,19,22)/t10-/m0/s1. The maximum Gasteiger partial charge on any atom is 0.261 e. The number of thiophene rings is 1. The maximum absolute atomic E-state index is 12.0. The molecule has 0 unspecified atom stereocenters. The lowest BCUT2D eigenvalue weighted by Gasteiger charge is -2.15. The lowest BCUT2D eigenvalue weighted by atomic mass is 10.3. The zero-order valence-corrected chi connectivity index (χ0v) is 14.9. The lowest BCUT2D eigenvalue weighted by Crippen LogP contribution is -2.42.